The maximum Gasteiger partial charge on any atom is 0.271 e. The fourth-order valence-electron chi connectivity index (χ4n) is 5.44. The van der Waals surface area contributed by atoms with Crippen molar-refractivity contribution in [2.24, 2.45) is 11.8 Å². The number of likely N-dealkylation sites (tertiary alicyclic amines) is 2. The molecule has 0 N–H and O–H groups in total. The van der Waals surface area contributed by atoms with Crippen LogP contribution in [0.1, 0.15) is 39.5 Å². The number of benzene rings is 2. The van der Waals surface area contributed by atoms with Gasteiger partial charge < -0.3 is 0 Å². The number of halogens is 2. The van der Waals surface area contributed by atoms with Crippen molar-refractivity contribution in [3.05, 3.63) is 66.7 Å². The molecule has 0 saturated carbocycles. The molecule has 14 heteroatoms. The number of hydrogen-bond acceptors (Lipinski definition) is 8. The van der Waals surface area contributed by atoms with Gasteiger partial charge in [-0.25, -0.2) is 10.0 Å². The molecular formula is C28H34Cl2N6O6. The van der Waals surface area contributed by atoms with E-state index in [1.54, 1.807) is 0 Å². The maximum absolute atomic E-state index is 14.2. The number of carbonyl (C=O) groups is 2. The lowest BCUT2D eigenvalue weighted by Gasteiger charge is -2.39. The Labute approximate surface area is 254 Å². The molecule has 0 spiro atoms. The number of hydrogen-bond donors (Lipinski definition) is 0. The first kappa shape index (κ1) is 31.6. The van der Waals surface area contributed by atoms with E-state index in [0.29, 0.717) is 38.0 Å². The number of nitrogens with zero attached hydrogens (tertiary/aromatic N) is 6. The first-order valence-electron chi connectivity index (χ1n) is 13.9. The van der Waals surface area contributed by atoms with Gasteiger partial charge in [-0.2, -0.15) is 0 Å². The van der Waals surface area contributed by atoms with Gasteiger partial charge in [0.25, 0.3) is 23.2 Å². The summed E-state index contributed by atoms with van der Waals surface area (Å²) in [7, 11) is 0. The van der Waals surface area contributed by atoms with Crippen molar-refractivity contribution in [1.82, 2.24) is 9.80 Å². The number of anilines is 2. The van der Waals surface area contributed by atoms with Gasteiger partial charge in [0.05, 0.1) is 44.4 Å². The average molecular weight is 622 g/mol. The van der Waals surface area contributed by atoms with Gasteiger partial charge in [0, 0.05) is 30.8 Å². The van der Waals surface area contributed by atoms with E-state index in [9.17, 15) is 29.8 Å². The van der Waals surface area contributed by atoms with Gasteiger partial charge in [-0.15, -0.1) is 0 Å². The first-order chi connectivity index (χ1) is 19.9. The number of amides is 2. The van der Waals surface area contributed by atoms with Gasteiger partial charge in [0.15, 0.2) is 0 Å². The zero-order valence-corrected chi connectivity index (χ0v) is 25.1. The third-order valence-corrected chi connectivity index (χ3v) is 8.35. The van der Waals surface area contributed by atoms with E-state index in [4.69, 9.17) is 23.2 Å². The Morgan fingerprint density at radius 2 is 1.26 bits per heavy atom. The smallest absolute Gasteiger partial charge is 0.271 e. The molecule has 0 aromatic heterocycles. The highest BCUT2D eigenvalue weighted by Crippen LogP contribution is 2.37. The summed E-state index contributed by atoms with van der Waals surface area (Å²) >= 11 is 13.1. The molecule has 226 valence electrons. The van der Waals surface area contributed by atoms with Crippen LogP contribution >= 0.6 is 23.2 Å². The Balaban J connectivity index is 1.81. The molecule has 2 fully saturated rings. The van der Waals surface area contributed by atoms with Crippen molar-refractivity contribution in [3.8, 4) is 0 Å². The first-order valence-corrected chi connectivity index (χ1v) is 14.7. The molecule has 2 saturated heterocycles. The summed E-state index contributed by atoms with van der Waals surface area (Å²) in [6.07, 6.45) is 3.78. The van der Waals surface area contributed by atoms with Crippen LogP contribution in [-0.4, -0.2) is 70.7 Å². The molecule has 2 aliphatic rings. The zero-order chi connectivity index (χ0) is 30.6. The molecule has 1 unspecified atom stereocenters. The Hall–Kier alpha value is -3.32. The number of piperidine rings is 2. The van der Waals surface area contributed by atoms with E-state index in [1.165, 1.54) is 24.3 Å². The maximum atomic E-state index is 14.2. The van der Waals surface area contributed by atoms with Crippen LogP contribution in [0.15, 0.2) is 36.4 Å². The predicted octanol–water partition coefficient (Wildman–Crippen LogP) is 5.55. The normalized spacial score (nSPS) is 18.4. The van der Waals surface area contributed by atoms with Crippen LogP contribution in [-0.2, 0) is 9.59 Å². The Morgan fingerprint density at radius 1 is 0.786 bits per heavy atom. The Bertz CT molecular complexity index is 1350. The van der Waals surface area contributed by atoms with Crippen LogP contribution in [0.5, 0.6) is 0 Å². The molecule has 2 amide bonds. The zero-order valence-electron chi connectivity index (χ0n) is 23.6. The molecule has 1 atom stereocenters. The van der Waals surface area contributed by atoms with Gasteiger partial charge in [-0.1, -0.05) is 37.0 Å². The predicted molar refractivity (Wildman–Crippen MR) is 161 cm³/mol. The molecular weight excluding hydrogens is 587 g/mol. The van der Waals surface area contributed by atoms with E-state index in [2.05, 4.69) is 13.8 Å². The minimum Gasteiger partial charge on any atom is -0.294 e. The van der Waals surface area contributed by atoms with Crippen LogP contribution in [0.3, 0.4) is 0 Å². The Morgan fingerprint density at radius 3 is 1.69 bits per heavy atom. The molecule has 2 aromatic carbocycles. The second-order valence-corrected chi connectivity index (χ2v) is 12.0. The van der Waals surface area contributed by atoms with Crippen LogP contribution in [0.25, 0.3) is 0 Å². The third-order valence-electron chi connectivity index (χ3n) is 7.75. The summed E-state index contributed by atoms with van der Waals surface area (Å²) in [5, 5.41) is 24.8. The second kappa shape index (κ2) is 13.8. The largest absolute Gasteiger partial charge is 0.294 e. The average Bonchev–Trinajstić information content (AvgIpc) is 2.93. The van der Waals surface area contributed by atoms with Gasteiger partial charge in [-0.05, 0) is 69.3 Å². The molecule has 0 radical (unpaired) electrons. The molecule has 2 heterocycles. The number of nitro groups is 2. The Kier molecular flexibility index (Phi) is 10.4. The lowest BCUT2D eigenvalue weighted by molar-refractivity contribution is -0.385. The molecule has 42 heavy (non-hydrogen) atoms. The summed E-state index contributed by atoms with van der Waals surface area (Å²) in [5.74, 6) is -0.100. The van der Waals surface area contributed by atoms with Gasteiger partial charge in [-0.3, -0.25) is 39.6 Å². The topological polar surface area (TPSA) is 133 Å². The minimum absolute atomic E-state index is 0.0465. The van der Waals surface area contributed by atoms with Gasteiger partial charge >= 0.3 is 0 Å². The SMILES string of the molecule is CC1CCN(CC(=O)N(c2ccc([N+](=O)[O-])cc2Cl)N(C(=O)CN2CCCC(C)C2)c2ccc([N+](=O)[O-])cc2Cl)CC1. The number of non-ortho nitro benzene ring substituents is 2. The molecule has 0 aliphatic carbocycles. The summed E-state index contributed by atoms with van der Waals surface area (Å²) in [5.41, 5.74) is -0.468. The molecule has 0 bridgehead atoms. The number of carbonyl (C=O) groups excluding carboxylic acids is 2. The van der Waals surface area contributed by atoms with E-state index in [-0.39, 0.29) is 45.9 Å². The lowest BCUT2D eigenvalue weighted by Crippen LogP contribution is -2.57. The number of hydrazine groups is 1. The van der Waals surface area contributed by atoms with Crippen LogP contribution < -0.4 is 10.0 Å². The highest BCUT2D eigenvalue weighted by Gasteiger charge is 2.35. The molecule has 2 aliphatic heterocycles. The van der Waals surface area contributed by atoms with E-state index >= 15 is 0 Å². The van der Waals surface area contributed by atoms with Crippen molar-refractivity contribution < 1.29 is 19.4 Å². The summed E-state index contributed by atoms with van der Waals surface area (Å²) < 4.78 is 0. The summed E-state index contributed by atoms with van der Waals surface area (Å²) in [6.45, 7) is 6.91. The molecule has 12 nitrogen and oxygen atoms in total. The number of rotatable bonds is 8. The van der Waals surface area contributed by atoms with Gasteiger partial charge in [0.2, 0.25) is 0 Å². The monoisotopic (exact) mass is 620 g/mol. The summed E-state index contributed by atoms with van der Waals surface area (Å²) in [4.78, 5) is 53.9. The van der Waals surface area contributed by atoms with Crippen molar-refractivity contribution in [3.63, 3.8) is 0 Å². The number of nitro benzene ring substituents is 2. The molecule has 2 aromatic rings. The highest BCUT2D eigenvalue weighted by molar-refractivity contribution is 6.35. The van der Waals surface area contributed by atoms with E-state index < -0.39 is 21.7 Å². The van der Waals surface area contributed by atoms with Gasteiger partial charge in [0.1, 0.15) is 0 Å². The summed E-state index contributed by atoms with van der Waals surface area (Å²) in [6, 6.07) is 7.28. The second-order valence-electron chi connectivity index (χ2n) is 11.1. The van der Waals surface area contributed by atoms with Crippen LogP contribution in [0.2, 0.25) is 10.0 Å². The lowest BCUT2D eigenvalue weighted by atomic mass is 9.99. The van der Waals surface area contributed by atoms with Crippen molar-refractivity contribution in [2.75, 3.05) is 49.3 Å². The standard InChI is InChI=1S/C28H34Cl2N6O6/c1-19-9-12-31(13-10-19)17-27(37)33(25-7-5-21(35(39)40)14-23(25)29)34(26-8-6-22(36(41)42)15-24(26)30)28(38)18-32-11-3-4-20(2)16-32/h5-8,14-15,19-20H,3-4,9-13,16-18H2,1-2H3. The fourth-order valence-corrected chi connectivity index (χ4v) is 5.95. The van der Waals surface area contributed by atoms with Crippen molar-refractivity contribution in [1.29, 1.82) is 0 Å². The van der Waals surface area contributed by atoms with E-state index in [1.807, 2.05) is 9.80 Å². The van der Waals surface area contributed by atoms with Crippen molar-refractivity contribution >= 4 is 57.8 Å². The highest BCUT2D eigenvalue weighted by atomic mass is 35.5. The quantitative estimate of drug-likeness (QED) is 0.277. The molecule has 4 rings (SSSR count). The minimum atomic E-state index is -0.607. The van der Waals surface area contributed by atoms with E-state index in [0.717, 1.165) is 47.8 Å². The third kappa shape index (κ3) is 7.54. The van der Waals surface area contributed by atoms with Crippen molar-refractivity contribution in [2.45, 2.75) is 39.5 Å². The fraction of sp³-hybridized carbons (Fsp3) is 0.500. The van der Waals surface area contributed by atoms with Crippen LogP contribution in [0.4, 0.5) is 22.7 Å². The van der Waals surface area contributed by atoms with Crippen LogP contribution in [0, 0.1) is 32.1 Å².